The van der Waals surface area contributed by atoms with Crippen molar-refractivity contribution in [3.8, 4) is 5.75 Å². The number of amides is 1. The number of methoxy groups -OCH3 is 1. The van der Waals surface area contributed by atoms with Crippen molar-refractivity contribution in [1.29, 1.82) is 0 Å². The maximum Gasteiger partial charge on any atom is 0.271 e. The molecule has 2 heterocycles. The molecule has 1 aliphatic heterocycles. The van der Waals surface area contributed by atoms with Gasteiger partial charge in [-0.1, -0.05) is 27.7 Å². The van der Waals surface area contributed by atoms with E-state index in [0.29, 0.717) is 18.0 Å². The first-order valence-electron chi connectivity index (χ1n) is 10.2. The van der Waals surface area contributed by atoms with Crippen molar-refractivity contribution in [2.24, 2.45) is 0 Å². The van der Waals surface area contributed by atoms with Gasteiger partial charge in [0, 0.05) is 24.0 Å². The van der Waals surface area contributed by atoms with E-state index in [2.05, 4.69) is 20.8 Å². The van der Waals surface area contributed by atoms with E-state index < -0.39 is 0 Å². The van der Waals surface area contributed by atoms with Crippen molar-refractivity contribution in [2.45, 2.75) is 47.5 Å². The van der Waals surface area contributed by atoms with Gasteiger partial charge in [-0.15, -0.1) is 0 Å². The summed E-state index contributed by atoms with van der Waals surface area (Å²) in [5.74, 6) is 1.21. The van der Waals surface area contributed by atoms with Gasteiger partial charge in [0.2, 0.25) is 0 Å². The van der Waals surface area contributed by atoms with E-state index in [1.165, 1.54) is 0 Å². The number of nitrogens with one attached hydrogen (secondary N) is 3. The molecule has 0 bridgehead atoms. The number of nitrogens with zero attached hydrogens (tertiary/aromatic N) is 1. The second kappa shape index (κ2) is 13.3. The van der Waals surface area contributed by atoms with Crippen molar-refractivity contribution in [2.75, 3.05) is 20.4 Å². The van der Waals surface area contributed by atoms with Crippen molar-refractivity contribution >= 4 is 11.7 Å². The molecule has 2 aromatic rings. The summed E-state index contributed by atoms with van der Waals surface area (Å²) >= 11 is 0. The Morgan fingerprint density at radius 3 is 2.62 bits per heavy atom. The molecule has 3 rings (SSSR count). The molecule has 1 aliphatic rings. The average molecular weight is 403 g/mol. The first kappa shape index (κ1) is 24.1. The Morgan fingerprint density at radius 1 is 1.24 bits per heavy atom. The van der Waals surface area contributed by atoms with Crippen LogP contribution >= 0.6 is 0 Å². The highest BCUT2D eigenvalue weighted by molar-refractivity contribution is 6.00. The number of H-pyrrole nitrogens is 1. The van der Waals surface area contributed by atoms with Gasteiger partial charge >= 0.3 is 0 Å². The Morgan fingerprint density at radius 2 is 2.00 bits per heavy atom. The fourth-order valence-corrected chi connectivity index (χ4v) is 2.76. The van der Waals surface area contributed by atoms with Crippen molar-refractivity contribution < 1.29 is 14.3 Å². The predicted octanol–water partition coefficient (Wildman–Crippen LogP) is 3.77. The molecule has 7 nitrogen and oxygen atoms in total. The number of ether oxygens (including phenoxy) is 2. The van der Waals surface area contributed by atoms with E-state index in [-0.39, 0.29) is 12.6 Å². The van der Waals surface area contributed by atoms with Crippen LogP contribution in [-0.2, 0) is 16.0 Å². The lowest BCUT2D eigenvalue weighted by atomic mass is 10.1. The molecule has 0 spiro atoms. The first-order valence-corrected chi connectivity index (χ1v) is 10.2. The standard InChI is InChI=1S/C18H22N4O3.2C2H6/c1-12-10-13(5-6-15(12)24-2)17-16(20-11-25-17)18(23)19-8-3-4-14-7-9-21-22-14;2*1-2/h5-7,9-10,20H,3-4,8,11H2,1-2H3,(H,19,23)(H,21,22);2*1-2H3. The van der Waals surface area contributed by atoms with Crippen molar-refractivity contribution in [3.63, 3.8) is 0 Å². The van der Waals surface area contributed by atoms with Crippen molar-refractivity contribution in [3.05, 3.63) is 53.0 Å². The minimum atomic E-state index is -0.161. The fourth-order valence-electron chi connectivity index (χ4n) is 2.76. The number of aryl methyl sites for hydroxylation is 2. The number of hydrogen-bond donors (Lipinski definition) is 3. The third-order valence-electron chi connectivity index (χ3n) is 4.04. The molecular formula is C22H34N4O3. The molecule has 1 aromatic carbocycles. The zero-order valence-corrected chi connectivity index (χ0v) is 18.4. The van der Waals surface area contributed by atoms with Gasteiger partial charge in [-0.3, -0.25) is 9.89 Å². The molecular weight excluding hydrogens is 368 g/mol. The largest absolute Gasteiger partial charge is 0.496 e. The number of benzene rings is 1. The topological polar surface area (TPSA) is 88.3 Å². The number of rotatable bonds is 7. The van der Waals surface area contributed by atoms with Crippen LogP contribution in [0.5, 0.6) is 5.75 Å². The summed E-state index contributed by atoms with van der Waals surface area (Å²) in [5.41, 5.74) is 3.37. The van der Waals surface area contributed by atoms with Crippen LogP contribution in [0.3, 0.4) is 0 Å². The molecule has 1 aromatic heterocycles. The third-order valence-corrected chi connectivity index (χ3v) is 4.04. The smallest absolute Gasteiger partial charge is 0.271 e. The van der Waals surface area contributed by atoms with E-state index in [0.717, 1.165) is 35.4 Å². The second-order valence-corrected chi connectivity index (χ2v) is 5.80. The van der Waals surface area contributed by atoms with Crippen LogP contribution in [0.1, 0.15) is 50.9 Å². The monoisotopic (exact) mass is 402 g/mol. The molecule has 1 amide bonds. The van der Waals surface area contributed by atoms with E-state index in [9.17, 15) is 4.79 Å². The fraction of sp³-hybridized carbons (Fsp3) is 0.455. The Balaban J connectivity index is 0.000000989. The molecule has 160 valence electrons. The molecule has 0 fully saturated rings. The highest BCUT2D eigenvalue weighted by Crippen LogP contribution is 2.27. The van der Waals surface area contributed by atoms with Gasteiger partial charge in [0.25, 0.3) is 5.91 Å². The molecule has 0 atom stereocenters. The summed E-state index contributed by atoms with van der Waals surface area (Å²) in [4.78, 5) is 12.4. The predicted molar refractivity (Wildman–Crippen MR) is 116 cm³/mol. The van der Waals surface area contributed by atoms with E-state index in [4.69, 9.17) is 9.47 Å². The molecule has 0 saturated carbocycles. The normalized spacial score (nSPS) is 11.9. The van der Waals surface area contributed by atoms with Crippen LogP contribution < -0.4 is 15.4 Å². The van der Waals surface area contributed by atoms with Crippen LogP contribution in [-0.4, -0.2) is 36.5 Å². The quantitative estimate of drug-likeness (QED) is 0.614. The minimum Gasteiger partial charge on any atom is -0.496 e. The van der Waals surface area contributed by atoms with Gasteiger partial charge in [-0.05, 0) is 49.6 Å². The third kappa shape index (κ3) is 6.85. The maximum absolute atomic E-state index is 12.4. The van der Waals surface area contributed by atoms with E-state index in [1.807, 2.05) is 58.9 Å². The number of carbonyl (C=O) groups excluding carboxylic acids is 1. The summed E-state index contributed by atoms with van der Waals surface area (Å²) in [6.07, 6.45) is 3.40. The number of aromatic nitrogens is 2. The molecule has 0 aliphatic carbocycles. The number of hydrogen-bond acceptors (Lipinski definition) is 5. The second-order valence-electron chi connectivity index (χ2n) is 5.80. The highest BCUT2D eigenvalue weighted by atomic mass is 16.5. The van der Waals surface area contributed by atoms with Crippen LogP contribution in [0, 0.1) is 6.92 Å². The van der Waals surface area contributed by atoms with Crippen LogP contribution in [0.25, 0.3) is 5.76 Å². The van der Waals surface area contributed by atoms with Gasteiger partial charge in [0.05, 0.1) is 7.11 Å². The Kier molecular flexibility index (Phi) is 11.0. The van der Waals surface area contributed by atoms with Crippen LogP contribution in [0.4, 0.5) is 0 Å². The van der Waals surface area contributed by atoms with E-state index in [1.54, 1.807) is 13.3 Å². The van der Waals surface area contributed by atoms with Gasteiger partial charge in [-0.25, -0.2) is 0 Å². The Labute approximate surface area is 173 Å². The zero-order chi connectivity index (χ0) is 21.6. The SMILES string of the molecule is CC.CC.COc1ccc(C2=C(C(=O)NCCCc3ccn[nH]3)NCO2)cc1C. The summed E-state index contributed by atoms with van der Waals surface area (Å²) < 4.78 is 10.9. The Bertz CT molecular complexity index is 770. The van der Waals surface area contributed by atoms with Gasteiger partial charge in [0.15, 0.2) is 12.5 Å². The first-order chi connectivity index (χ1) is 14.2. The number of carbonyl (C=O) groups is 1. The lowest BCUT2D eigenvalue weighted by Crippen LogP contribution is -2.31. The lowest BCUT2D eigenvalue weighted by molar-refractivity contribution is -0.117. The Hall–Kier alpha value is -2.96. The summed E-state index contributed by atoms with van der Waals surface area (Å²) in [6.45, 7) is 10.8. The highest BCUT2D eigenvalue weighted by Gasteiger charge is 2.23. The van der Waals surface area contributed by atoms with Crippen LogP contribution in [0.2, 0.25) is 0 Å². The van der Waals surface area contributed by atoms with Gasteiger partial charge < -0.3 is 20.1 Å². The van der Waals surface area contributed by atoms with Crippen molar-refractivity contribution in [1.82, 2.24) is 20.8 Å². The summed E-state index contributed by atoms with van der Waals surface area (Å²) in [7, 11) is 1.64. The maximum atomic E-state index is 12.4. The molecule has 7 heteroatoms. The van der Waals surface area contributed by atoms with E-state index >= 15 is 0 Å². The average Bonchev–Trinajstić information content (AvgIpc) is 3.46. The van der Waals surface area contributed by atoms with Gasteiger partial charge in [0.1, 0.15) is 11.4 Å². The zero-order valence-electron chi connectivity index (χ0n) is 18.4. The summed E-state index contributed by atoms with van der Waals surface area (Å²) in [5, 5.41) is 12.7. The molecule has 29 heavy (non-hydrogen) atoms. The molecule has 3 N–H and O–H groups in total. The lowest BCUT2D eigenvalue weighted by Gasteiger charge is -2.10. The molecule has 0 saturated heterocycles. The number of aromatic amines is 1. The summed E-state index contributed by atoms with van der Waals surface area (Å²) in [6, 6.07) is 7.65. The van der Waals surface area contributed by atoms with Crippen LogP contribution in [0.15, 0.2) is 36.2 Å². The molecule has 0 unspecified atom stereocenters. The molecule has 0 radical (unpaired) electrons. The minimum absolute atomic E-state index is 0.161. The van der Waals surface area contributed by atoms with Gasteiger partial charge in [-0.2, -0.15) is 5.10 Å².